The van der Waals surface area contributed by atoms with E-state index in [1.807, 2.05) is 0 Å². The maximum absolute atomic E-state index is 13.6. The van der Waals surface area contributed by atoms with E-state index in [1.54, 1.807) is 12.1 Å². The van der Waals surface area contributed by atoms with Crippen LogP contribution in [0.1, 0.15) is 15.2 Å². The Kier molecular flexibility index (Phi) is 4.77. The summed E-state index contributed by atoms with van der Waals surface area (Å²) in [6.45, 7) is -0.00462. The lowest BCUT2D eigenvalue weighted by atomic mass is 10.2. The molecule has 1 aromatic heterocycles. The Morgan fingerprint density at radius 3 is 2.62 bits per heavy atom. The molecule has 0 unspecified atom stereocenters. The smallest absolute Gasteiger partial charge is 0.335 e. The summed E-state index contributed by atoms with van der Waals surface area (Å²) >= 11 is 4.59. The number of rotatable bonds is 5. The first-order chi connectivity index (χ1) is 9.79. The van der Waals surface area contributed by atoms with Crippen LogP contribution in [0.15, 0.2) is 39.0 Å². The summed E-state index contributed by atoms with van der Waals surface area (Å²) in [6.07, 6.45) is 0. The number of benzene rings is 1. The monoisotopic (exact) mass is 393 g/mol. The second-order valence-corrected chi connectivity index (χ2v) is 8.26. The van der Waals surface area contributed by atoms with E-state index in [1.165, 1.54) is 11.3 Å². The first kappa shape index (κ1) is 16.1. The standard InChI is InChI=1S/C12H9BrFNO4S2/c13-11-4-2-8(20-11)6-15-21(18,19)10-5-7(12(16)17)1-3-9(10)14/h1-5,15H,6H2,(H,16,17). The fraction of sp³-hybridized carbons (Fsp3) is 0.0833. The summed E-state index contributed by atoms with van der Waals surface area (Å²) in [7, 11) is -4.13. The zero-order valence-electron chi connectivity index (χ0n) is 10.3. The maximum Gasteiger partial charge on any atom is 0.335 e. The van der Waals surface area contributed by atoms with Gasteiger partial charge in [-0.2, -0.15) is 0 Å². The minimum absolute atomic E-state index is 0.00462. The van der Waals surface area contributed by atoms with E-state index in [0.29, 0.717) is 0 Å². The molecule has 2 aromatic rings. The SMILES string of the molecule is O=C(O)c1ccc(F)c(S(=O)(=O)NCc2ccc(Br)s2)c1. The number of hydrogen-bond acceptors (Lipinski definition) is 4. The van der Waals surface area contributed by atoms with Crippen LogP contribution in [-0.4, -0.2) is 19.5 Å². The average Bonchev–Trinajstić information content (AvgIpc) is 2.82. The van der Waals surface area contributed by atoms with Gasteiger partial charge in [-0.1, -0.05) is 0 Å². The van der Waals surface area contributed by atoms with Crippen LogP contribution < -0.4 is 4.72 Å². The molecule has 0 aliphatic heterocycles. The number of sulfonamides is 1. The van der Waals surface area contributed by atoms with Gasteiger partial charge in [-0.3, -0.25) is 0 Å². The van der Waals surface area contributed by atoms with Crippen LogP contribution in [0.2, 0.25) is 0 Å². The number of nitrogens with one attached hydrogen (secondary N) is 1. The number of carboxylic acid groups (broad SMARTS) is 1. The average molecular weight is 394 g/mol. The molecule has 0 saturated carbocycles. The van der Waals surface area contributed by atoms with Gasteiger partial charge < -0.3 is 5.11 Å². The van der Waals surface area contributed by atoms with Crippen LogP contribution in [0.25, 0.3) is 0 Å². The summed E-state index contributed by atoms with van der Waals surface area (Å²) in [6, 6.07) is 6.11. The summed E-state index contributed by atoms with van der Waals surface area (Å²) in [5.41, 5.74) is -0.296. The molecule has 112 valence electrons. The second-order valence-electron chi connectivity index (χ2n) is 3.98. The molecule has 1 heterocycles. The van der Waals surface area contributed by atoms with E-state index in [4.69, 9.17) is 5.11 Å². The van der Waals surface area contributed by atoms with Crippen LogP contribution >= 0.6 is 27.3 Å². The lowest BCUT2D eigenvalue weighted by Crippen LogP contribution is -2.24. The quantitative estimate of drug-likeness (QED) is 0.817. The number of halogens is 2. The first-order valence-electron chi connectivity index (χ1n) is 5.56. The highest BCUT2D eigenvalue weighted by atomic mass is 79.9. The van der Waals surface area contributed by atoms with Gasteiger partial charge >= 0.3 is 5.97 Å². The van der Waals surface area contributed by atoms with E-state index >= 15 is 0 Å². The van der Waals surface area contributed by atoms with Gasteiger partial charge in [0, 0.05) is 11.4 Å². The third-order valence-corrected chi connectivity index (χ3v) is 5.57. The third-order valence-electron chi connectivity index (χ3n) is 2.53. The van der Waals surface area contributed by atoms with Crippen LogP contribution in [0, 0.1) is 5.82 Å². The van der Waals surface area contributed by atoms with Gasteiger partial charge in [0.1, 0.15) is 10.7 Å². The van der Waals surface area contributed by atoms with Crippen molar-refractivity contribution in [3.05, 3.63) is 50.4 Å². The molecule has 0 aliphatic rings. The van der Waals surface area contributed by atoms with Crippen molar-refractivity contribution >= 4 is 43.3 Å². The van der Waals surface area contributed by atoms with Crippen LogP contribution in [0.3, 0.4) is 0 Å². The molecular formula is C12H9BrFNO4S2. The Bertz CT molecular complexity index is 788. The summed E-state index contributed by atoms with van der Waals surface area (Å²) in [5, 5.41) is 8.84. The van der Waals surface area contributed by atoms with Crippen molar-refractivity contribution < 1.29 is 22.7 Å². The normalized spacial score (nSPS) is 11.5. The van der Waals surface area contributed by atoms with Gasteiger partial charge in [0.15, 0.2) is 0 Å². The second kappa shape index (κ2) is 6.22. The van der Waals surface area contributed by atoms with E-state index in [-0.39, 0.29) is 12.1 Å². The maximum atomic E-state index is 13.6. The molecule has 0 spiro atoms. The van der Waals surface area contributed by atoms with Crippen molar-refractivity contribution in [3.8, 4) is 0 Å². The van der Waals surface area contributed by atoms with E-state index in [2.05, 4.69) is 20.7 Å². The molecule has 1 aromatic carbocycles. The fourth-order valence-corrected chi connectivity index (χ4v) is 4.16. The van der Waals surface area contributed by atoms with Crippen LogP contribution in [-0.2, 0) is 16.6 Å². The minimum Gasteiger partial charge on any atom is -0.478 e. The third kappa shape index (κ3) is 3.88. The van der Waals surface area contributed by atoms with Crippen molar-refractivity contribution in [2.24, 2.45) is 0 Å². The van der Waals surface area contributed by atoms with E-state index in [9.17, 15) is 17.6 Å². The molecule has 5 nitrogen and oxygen atoms in total. The van der Waals surface area contributed by atoms with Gasteiger partial charge in [0.25, 0.3) is 0 Å². The van der Waals surface area contributed by atoms with Gasteiger partial charge in [0.2, 0.25) is 10.0 Å². The highest BCUT2D eigenvalue weighted by molar-refractivity contribution is 9.11. The van der Waals surface area contributed by atoms with Crippen LogP contribution in [0.4, 0.5) is 4.39 Å². The predicted octanol–water partition coefficient (Wildman–Crippen LogP) is 2.83. The molecule has 0 fully saturated rings. The number of carboxylic acids is 1. The number of thiophene rings is 1. The lowest BCUT2D eigenvalue weighted by molar-refractivity contribution is 0.0696. The highest BCUT2D eigenvalue weighted by Crippen LogP contribution is 2.23. The number of hydrogen-bond donors (Lipinski definition) is 2. The molecular weight excluding hydrogens is 385 g/mol. The Morgan fingerprint density at radius 2 is 2.05 bits per heavy atom. The summed E-state index contributed by atoms with van der Waals surface area (Å²) in [4.78, 5) is 10.9. The Balaban J connectivity index is 2.26. The van der Waals surface area contributed by atoms with E-state index in [0.717, 1.165) is 26.9 Å². The van der Waals surface area contributed by atoms with Gasteiger partial charge in [-0.05, 0) is 46.3 Å². The largest absolute Gasteiger partial charge is 0.478 e. The molecule has 2 rings (SSSR count). The predicted molar refractivity (Wildman–Crippen MR) is 79.4 cm³/mol. The first-order valence-corrected chi connectivity index (χ1v) is 8.65. The number of carbonyl (C=O) groups is 1. The molecule has 0 radical (unpaired) electrons. The molecule has 21 heavy (non-hydrogen) atoms. The van der Waals surface area contributed by atoms with E-state index < -0.39 is 26.7 Å². The lowest BCUT2D eigenvalue weighted by Gasteiger charge is -2.07. The Labute approximate surface area is 132 Å². The number of aromatic carboxylic acids is 1. The van der Waals surface area contributed by atoms with Gasteiger partial charge in [-0.15, -0.1) is 11.3 Å². The summed E-state index contributed by atoms with van der Waals surface area (Å²) in [5.74, 6) is -2.33. The molecule has 0 saturated heterocycles. The minimum atomic E-state index is -4.13. The molecule has 0 bridgehead atoms. The van der Waals surface area contributed by atoms with Crippen molar-refractivity contribution in [2.45, 2.75) is 11.4 Å². The van der Waals surface area contributed by atoms with Crippen molar-refractivity contribution in [1.82, 2.24) is 4.72 Å². The molecule has 0 atom stereocenters. The molecule has 0 amide bonds. The summed E-state index contributed by atoms with van der Waals surface area (Å²) < 4.78 is 40.8. The topological polar surface area (TPSA) is 83.5 Å². The van der Waals surface area contributed by atoms with Crippen molar-refractivity contribution in [2.75, 3.05) is 0 Å². The molecule has 0 aliphatic carbocycles. The zero-order chi connectivity index (χ0) is 15.6. The molecule has 2 N–H and O–H groups in total. The molecule has 9 heteroatoms. The van der Waals surface area contributed by atoms with Crippen molar-refractivity contribution in [1.29, 1.82) is 0 Å². The van der Waals surface area contributed by atoms with Crippen LogP contribution in [0.5, 0.6) is 0 Å². The Hall–Kier alpha value is -1.29. The zero-order valence-corrected chi connectivity index (χ0v) is 13.6. The highest BCUT2D eigenvalue weighted by Gasteiger charge is 2.21. The van der Waals surface area contributed by atoms with Gasteiger partial charge in [-0.25, -0.2) is 22.3 Å². The Morgan fingerprint density at radius 1 is 1.33 bits per heavy atom. The van der Waals surface area contributed by atoms with Gasteiger partial charge in [0.05, 0.1) is 9.35 Å². The van der Waals surface area contributed by atoms with Crippen molar-refractivity contribution in [3.63, 3.8) is 0 Å². The fourth-order valence-electron chi connectivity index (χ4n) is 1.53.